The lowest BCUT2D eigenvalue weighted by atomic mass is 10.0. The van der Waals surface area contributed by atoms with Gasteiger partial charge in [-0.05, 0) is 37.0 Å². The molecule has 1 N–H and O–H groups in total. The van der Waals surface area contributed by atoms with Gasteiger partial charge >= 0.3 is 0 Å². The SMILES string of the molecule is CC.CCc1ccc2c(C(=O)NCC(=O)N3CCCC3C#N)ccnc2c1. The number of nitrogens with zero attached hydrogens (tertiary/aromatic N) is 3. The molecule has 6 heteroatoms. The molecule has 2 heterocycles. The third kappa shape index (κ3) is 4.62. The molecule has 3 rings (SSSR count). The third-order valence-electron chi connectivity index (χ3n) is 4.58. The van der Waals surface area contributed by atoms with E-state index < -0.39 is 0 Å². The normalized spacial score (nSPS) is 15.6. The second kappa shape index (κ2) is 9.67. The number of benzene rings is 1. The first-order valence-electron chi connectivity index (χ1n) is 9.49. The van der Waals surface area contributed by atoms with E-state index in [1.165, 1.54) is 0 Å². The van der Waals surface area contributed by atoms with Crippen molar-refractivity contribution < 1.29 is 9.59 Å². The molecule has 1 saturated heterocycles. The summed E-state index contributed by atoms with van der Waals surface area (Å²) in [6, 6.07) is 9.26. The molecule has 0 saturated carbocycles. The van der Waals surface area contributed by atoms with Crippen LogP contribution in [-0.2, 0) is 11.2 Å². The minimum atomic E-state index is -0.376. The van der Waals surface area contributed by atoms with Crippen molar-refractivity contribution in [1.29, 1.82) is 5.26 Å². The van der Waals surface area contributed by atoms with Gasteiger partial charge in [-0.25, -0.2) is 0 Å². The number of fused-ring (bicyclic) bond motifs is 1. The Morgan fingerprint density at radius 2 is 2.11 bits per heavy atom. The first kappa shape index (κ1) is 20.4. The van der Waals surface area contributed by atoms with Gasteiger partial charge in [0.25, 0.3) is 5.91 Å². The molecule has 27 heavy (non-hydrogen) atoms. The Labute approximate surface area is 160 Å². The molecule has 6 nitrogen and oxygen atoms in total. The summed E-state index contributed by atoms with van der Waals surface area (Å²) in [5.74, 6) is -0.526. The fourth-order valence-corrected chi connectivity index (χ4v) is 3.16. The maximum absolute atomic E-state index is 12.5. The van der Waals surface area contributed by atoms with E-state index in [1.807, 2.05) is 32.0 Å². The predicted molar refractivity (Wildman–Crippen MR) is 105 cm³/mol. The van der Waals surface area contributed by atoms with Crippen LogP contribution in [0.4, 0.5) is 0 Å². The minimum absolute atomic E-state index is 0.103. The van der Waals surface area contributed by atoms with Crippen LogP contribution in [0.5, 0.6) is 0 Å². The molecule has 1 aromatic carbocycles. The highest BCUT2D eigenvalue weighted by molar-refractivity contribution is 6.06. The van der Waals surface area contributed by atoms with Crippen molar-refractivity contribution in [2.24, 2.45) is 0 Å². The molecular formula is C21H26N4O2. The highest BCUT2D eigenvalue weighted by Gasteiger charge is 2.28. The van der Waals surface area contributed by atoms with E-state index >= 15 is 0 Å². The number of rotatable bonds is 4. The summed E-state index contributed by atoms with van der Waals surface area (Å²) in [5.41, 5.74) is 2.42. The fourth-order valence-electron chi connectivity index (χ4n) is 3.16. The number of nitrogens with one attached hydrogen (secondary N) is 1. The van der Waals surface area contributed by atoms with Gasteiger partial charge in [0.1, 0.15) is 6.04 Å². The van der Waals surface area contributed by atoms with Crippen LogP contribution in [0.3, 0.4) is 0 Å². The number of hydrogen-bond donors (Lipinski definition) is 1. The maximum Gasteiger partial charge on any atom is 0.252 e. The Hall–Kier alpha value is -2.94. The molecular weight excluding hydrogens is 340 g/mol. The Bertz CT molecular complexity index is 857. The van der Waals surface area contributed by atoms with Crippen LogP contribution < -0.4 is 5.32 Å². The number of carbonyl (C=O) groups excluding carboxylic acids is 2. The molecule has 1 fully saturated rings. The molecule has 0 aliphatic carbocycles. The number of aromatic nitrogens is 1. The molecule has 1 aliphatic heterocycles. The molecule has 2 amide bonds. The van der Waals surface area contributed by atoms with Crippen LogP contribution in [0.15, 0.2) is 30.5 Å². The zero-order valence-corrected chi connectivity index (χ0v) is 16.2. The number of nitriles is 1. The summed E-state index contributed by atoms with van der Waals surface area (Å²) in [4.78, 5) is 30.6. The standard InChI is InChI=1S/C19H20N4O2.C2H6/c1-2-13-5-6-15-16(7-8-21-17(15)10-13)19(25)22-12-18(24)23-9-3-4-14(23)11-20;1-2/h5-8,10,14H,2-4,9,12H2,1H3,(H,22,25);1-2H3. The summed E-state index contributed by atoms with van der Waals surface area (Å²) in [5, 5.41) is 12.5. The molecule has 2 aromatic rings. The van der Waals surface area contributed by atoms with E-state index in [0.717, 1.165) is 29.3 Å². The molecule has 1 aromatic heterocycles. The number of aryl methyl sites for hydroxylation is 1. The first-order valence-corrected chi connectivity index (χ1v) is 9.49. The van der Waals surface area contributed by atoms with Crippen molar-refractivity contribution in [3.63, 3.8) is 0 Å². The number of carbonyl (C=O) groups is 2. The van der Waals surface area contributed by atoms with E-state index in [2.05, 4.69) is 23.3 Å². The van der Waals surface area contributed by atoms with Gasteiger partial charge in [0.15, 0.2) is 0 Å². The molecule has 1 atom stereocenters. The van der Waals surface area contributed by atoms with Crippen molar-refractivity contribution in [3.8, 4) is 6.07 Å². The number of amides is 2. The second-order valence-electron chi connectivity index (χ2n) is 6.12. The third-order valence-corrected chi connectivity index (χ3v) is 4.58. The van der Waals surface area contributed by atoms with E-state index in [1.54, 1.807) is 17.2 Å². The topological polar surface area (TPSA) is 86.1 Å². The van der Waals surface area contributed by atoms with Gasteiger partial charge in [-0.1, -0.05) is 32.9 Å². The van der Waals surface area contributed by atoms with E-state index in [-0.39, 0.29) is 24.4 Å². The maximum atomic E-state index is 12.5. The average Bonchev–Trinajstić information content (AvgIpc) is 3.21. The molecule has 0 radical (unpaired) electrons. The lowest BCUT2D eigenvalue weighted by Crippen LogP contribution is -2.42. The second-order valence-corrected chi connectivity index (χ2v) is 6.12. The van der Waals surface area contributed by atoms with Crippen LogP contribution in [-0.4, -0.2) is 40.8 Å². The molecule has 1 unspecified atom stereocenters. The summed E-state index contributed by atoms with van der Waals surface area (Å²) < 4.78 is 0. The van der Waals surface area contributed by atoms with Crippen LogP contribution >= 0.6 is 0 Å². The van der Waals surface area contributed by atoms with Crippen molar-refractivity contribution >= 4 is 22.7 Å². The molecule has 0 bridgehead atoms. The van der Waals surface area contributed by atoms with Gasteiger partial charge in [-0.15, -0.1) is 0 Å². The lowest BCUT2D eigenvalue weighted by molar-refractivity contribution is -0.130. The van der Waals surface area contributed by atoms with Crippen molar-refractivity contribution in [1.82, 2.24) is 15.2 Å². The molecule has 1 aliphatic rings. The van der Waals surface area contributed by atoms with Gasteiger partial charge in [0.05, 0.1) is 23.7 Å². The van der Waals surface area contributed by atoms with Gasteiger partial charge in [-0.3, -0.25) is 14.6 Å². The quantitative estimate of drug-likeness (QED) is 0.901. The van der Waals surface area contributed by atoms with Gasteiger partial charge < -0.3 is 10.2 Å². The van der Waals surface area contributed by atoms with Crippen molar-refractivity contribution in [2.75, 3.05) is 13.1 Å². The van der Waals surface area contributed by atoms with Crippen LogP contribution in [0.1, 0.15) is 49.5 Å². The van der Waals surface area contributed by atoms with Crippen molar-refractivity contribution in [2.45, 2.75) is 46.1 Å². The summed E-state index contributed by atoms with van der Waals surface area (Å²) in [6.45, 7) is 6.54. The first-order chi connectivity index (χ1) is 13.1. The smallest absolute Gasteiger partial charge is 0.252 e. The number of likely N-dealkylation sites (tertiary alicyclic amines) is 1. The Balaban J connectivity index is 0.00000126. The highest BCUT2D eigenvalue weighted by atomic mass is 16.2. The van der Waals surface area contributed by atoms with E-state index in [9.17, 15) is 9.59 Å². The van der Waals surface area contributed by atoms with Gasteiger partial charge in [0.2, 0.25) is 5.91 Å². The lowest BCUT2D eigenvalue weighted by Gasteiger charge is -2.19. The van der Waals surface area contributed by atoms with E-state index in [4.69, 9.17) is 5.26 Å². The highest BCUT2D eigenvalue weighted by Crippen LogP contribution is 2.19. The van der Waals surface area contributed by atoms with E-state index in [0.29, 0.717) is 18.5 Å². The van der Waals surface area contributed by atoms with Crippen LogP contribution in [0.2, 0.25) is 0 Å². The Morgan fingerprint density at radius 3 is 2.81 bits per heavy atom. The average molecular weight is 366 g/mol. The number of pyridine rings is 1. The summed E-state index contributed by atoms with van der Waals surface area (Å²) in [6.07, 6.45) is 4.03. The zero-order valence-electron chi connectivity index (χ0n) is 16.2. The molecule has 0 spiro atoms. The zero-order chi connectivity index (χ0) is 19.8. The summed E-state index contributed by atoms with van der Waals surface area (Å²) >= 11 is 0. The summed E-state index contributed by atoms with van der Waals surface area (Å²) in [7, 11) is 0. The van der Waals surface area contributed by atoms with Gasteiger partial charge in [-0.2, -0.15) is 5.26 Å². The Kier molecular flexibility index (Phi) is 7.30. The molecule has 142 valence electrons. The van der Waals surface area contributed by atoms with Crippen molar-refractivity contribution in [3.05, 3.63) is 41.6 Å². The number of hydrogen-bond acceptors (Lipinski definition) is 4. The largest absolute Gasteiger partial charge is 0.343 e. The fraction of sp³-hybridized carbons (Fsp3) is 0.429. The monoisotopic (exact) mass is 366 g/mol. The predicted octanol–water partition coefficient (Wildman–Crippen LogP) is 3.07. The minimum Gasteiger partial charge on any atom is -0.343 e. The van der Waals surface area contributed by atoms with Crippen LogP contribution in [0, 0.1) is 11.3 Å². The van der Waals surface area contributed by atoms with Crippen LogP contribution in [0.25, 0.3) is 10.9 Å². The van der Waals surface area contributed by atoms with Gasteiger partial charge in [0, 0.05) is 18.1 Å². The Morgan fingerprint density at radius 1 is 1.33 bits per heavy atom.